The molecule has 0 aliphatic heterocycles. The summed E-state index contributed by atoms with van der Waals surface area (Å²) in [7, 11) is 0. The Morgan fingerprint density at radius 2 is 1.80 bits per heavy atom. The van der Waals surface area contributed by atoms with Gasteiger partial charge in [-0.3, -0.25) is 0 Å². The second kappa shape index (κ2) is 6.19. The Kier molecular flexibility index (Phi) is 4.32. The van der Waals surface area contributed by atoms with Gasteiger partial charge in [0.25, 0.3) is 0 Å². The monoisotopic (exact) mass is 350 g/mol. The molecule has 0 aromatic heterocycles. The van der Waals surface area contributed by atoms with Gasteiger partial charge in [0.1, 0.15) is 12.4 Å². The van der Waals surface area contributed by atoms with Gasteiger partial charge in [-0.25, -0.2) is 0 Å². The van der Waals surface area contributed by atoms with Gasteiger partial charge in [0.05, 0.1) is 0 Å². The molecule has 2 aromatic rings. The molecule has 3 rings (SSSR count). The largest absolute Gasteiger partial charge is 0.489 e. The molecule has 3 heteroatoms. The molecule has 0 heterocycles. The van der Waals surface area contributed by atoms with Crippen molar-refractivity contribution in [1.82, 2.24) is 0 Å². The van der Waals surface area contributed by atoms with Crippen LogP contribution in [0.25, 0.3) is 0 Å². The SMILES string of the molecule is Clc1cc(Br)ccc1COc1ccc2c(c1)CCCC2. The first-order chi connectivity index (χ1) is 9.72. The maximum absolute atomic E-state index is 6.20. The zero-order valence-electron chi connectivity index (χ0n) is 11.2. The van der Waals surface area contributed by atoms with Crippen molar-refractivity contribution in [3.63, 3.8) is 0 Å². The maximum Gasteiger partial charge on any atom is 0.120 e. The van der Waals surface area contributed by atoms with Crippen molar-refractivity contribution in [2.24, 2.45) is 0 Å². The standard InChI is InChI=1S/C17H16BrClO/c18-15-7-5-14(17(19)10-15)11-20-16-8-6-12-3-1-2-4-13(12)9-16/h5-10H,1-4,11H2. The number of fused-ring (bicyclic) bond motifs is 1. The Labute approximate surface area is 133 Å². The quantitative estimate of drug-likeness (QED) is 0.703. The molecule has 1 aliphatic carbocycles. The molecule has 0 saturated heterocycles. The van der Waals surface area contributed by atoms with E-state index in [-0.39, 0.29) is 0 Å². The molecule has 0 saturated carbocycles. The summed E-state index contributed by atoms with van der Waals surface area (Å²) in [5.74, 6) is 0.935. The molecule has 0 radical (unpaired) electrons. The highest BCUT2D eigenvalue weighted by Crippen LogP contribution is 2.27. The van der Waals surface area contributed by atoms with Crippen LogP contribution in [0.5, 0.6) is 5.75 Å². The third kappa shape index (κ3) is 3.18. The lowest BCUT2D eigenvalue weighted by Gasteiger charge is -2.17. The summed E-state index contributed by atoms with van der Waals surface area (Å²) < 4.78 is 6.87. The highest BCUT2D eigenvalue weighted by atomic mass is 79.9. The minimum atomic E-state index is 0.505. The molecule has 2 aromatic carbocycles. The average Bonchev–Trinajstić information content (AvgIpc) is 2.46. The van der Waals surface area contributed by atoms with Crippen LogP contribution in [0.15, 0.2) is 40.9 Å². The first kappa shape index (κ1) is 14.0. The Bertz CT molecular complexity index is 624. The van der Waals surface area contributed by atoms with Crippen molar-refractivity contribution in [2.45, 2.75) is 32.3 Å². The normalized spacial score (nSPS) is 13.9. The highest BCUT2D eigenvalue weighted by molar-refractivity contribution is 9.10. The van der Waals surface area contributed by atoms with Gasteiger partial charge in [0, 0.05) is 15.1 Å². The summed E-state index contributed by atoms with van der Waals surface area (Å²) in [5.41, 5.74) is 3.92. The highest BCUT2D eigenvalue weighted by Gasteiger charge is 2.10. The summed E-state index contributed by atoms with van der Waals surface area (Å²) in [6.45, 7) is 0.505. The Balaban J connectivity index is 1.72. The van der Waals surface area contributed by atoms with Crippen molar-refractivity contribution in [3.8, 4) is 5.75 Å². The molecule has 0 unspecified atom stereocenters. The van der Waals surface area contributed by atoms with Crippen molar-refractivity contribution in [3.05, 3.63) is 62.6 Å². The van der Waals surface area contributed by atoms with Crippen LogP contribution < -0.4 is 4.74 Å². The fourth-order valence-electron chi connectivity index (χ4n) is 2.60. The van der Waals surface area contributed by atoms with Crippen LogP contribution in [0, 0.1) is 0 Å². The van der Waals surface area contributed by atoms with Crippen molar-refractivity contribution < 1.29 is 4.74 Å². The molecule has 1 aliphatic rings. The van der Waals surface area contributed by atoms with Gasteiger partial charge in [-0.05, 0) is 61.1 Å². The van der Waals surface area contributed by atoms with Crippen LogP contribution in [-0.4, -0.2) is 0 Å². The zero-order valence-corrected chi connectivity index (χ0v) is 13.5. The molecule has 20 heavy (non-hydrogen) atoms. The summed E-state index contributed by atoms with van der Waals surface area (Å²) in [6.07, 6.45) is 4.97. The van der Waals surface area contributed by atoms with E-state index in [0.29, 0.717) is 6.61 Å². The van der Waals surface area contributed by atoms with E-state index in [0.717, 1.165) is 20.8 Å². The van der Waals surface area contributed by atoms with Gasteiger partial charge in [0.2, 0.25) is 0 Å². The number of aryl methyl sites for hydroxylation is 2. The first-order valence-electron chi connectivity index (χ1n) is 6.91. The van der Waals surface area contributed by atoms with Crippen LogP contribution in [-0.2, 0) is 19.4 Å². The molecule has 0 fully saturated rings. The Hall–Kier alpha value is -0.990. The zero-order chi connectivity index (χ0) is 13.9. The van der Waals surface area contributed by atoms with Gasteiger partial charge in [-0.1, -0.05) is 39.7 Å². The van der Waals surface area contributed by atoms with E-state index < -0.39 is 0 Å². The number of benzene rings is 2. The minimum Gasteiger partial charge on any atom is -0.489 e. The number of ether oxygens (including phenoxy) is 1. The molecule has 0 bridgehead atoms. The fourth-order valence-corrected chi connectivity index (χ4v) is 3.33. The van der Waals surface area contributed by atoms with Gasteiger partial charge in [0.15, 0.2) is 0 Å². The van der Waals surface area contributed by atoms with Crippen molar-refractivity contribution in [2.75, 3.05) is 0 Å². The van der Waals surface area contributed by atoms with E-state index in [4.69, 9.17) is 16.3 Å². The van der Waals surface area contributed by atoms with E-state index in [2.05, 4.69) is 34.1 Å². The molecule has 1 nitrogen and oxygen atoms in total. The first-order valence-corrected chi connectivity index (χ1v) is 8.08. The summed E-state index contributed by atoms with van der Waals surface area (Å²) in [5, 5.41) is 0.734. The van der Waals surface area contributed by atoms with E-state index in [1.165, 1.54) is 36.8 Å². The molecule has 104 valence electrons. The number of hydrogen-bond donors (Lipinski definition) is 0. The predicted molar refractivity (Wildman–Crippen MR) is 86.6 cm³/mol. The number of hydrogen-bond acceptors (Lipinski definition) is 1. The van der Waals surface area contributed by atoms with Gasteiger partial charge >= 0.3 is 0 Å². The lowest BCUT2D eigenvalue weighted by atomic mass is 9.92. The van der Waals surface area contributed by atoms with Crippen LogP contribution in [0.2, 0.25) is 5.02 Å². The molecule has 0 spiro atoms. The lowest BCUT2D eigenvalue weighted by molar-refractivity contribution is 0.305. The van der Waals surface area contributed by atoms with Crippen molar-refractivity contribution >= 4 is 27.5 Å². The maximum atomic E-state index is 6.20. The summed E-state index contributed by atoms with van der Waals surface area (Å²) in [6, 6.07) is 12.3. The van der Waals surface area contributed by atoms with Crippen LogP contribution >= 0.6 is 27.5 Å². The minimum absolute atomic E-state index is 0.505. The summed E-state index contributed by atoms with van der Waals surface area (Å²) in [4.78, 5) is 0. The molecule has 0 atom stereocenters. The number of halogens is 2. The average molecular weight is 352 g/mol. The van der Waals surface area contributed by atoms with Gasteiger partial charge < -0.3 is 4.74 Å². The third-order valence-electron chi connectivity index (χ3n) is 3.73. The lowest BCUT2D eigenvalue weighted by Crippen LogP contribution is -2.03. The van der Waals surface area contributed by atoms with E-state index in [9.17, 15) is 0 Å². The Morgan fingerprint density at radius 1 is 1.00 bits per heavy atom. The second-order valence-corrected chi connectivity index (χ2v) is 6.48. The van der Waals surface area contributed by atoms with E-state index >= 15 is 0 Å². The molecule has 0 N–H and O–H groups in total. The number of rotatable bonds is 3. The third-order valence-corrected chi connectivity index (χ3v) is 4.57. The van der Waals surface area contributed by atoms with Crippen molar-refractivity contribution in [1.29, 1.82) is 0 Å². The molecular weight excluding hydrogens is 336 g/mol. The molecule has 0 amide bonds. The van der Waals surface area contributed by atoms with E-state index in [1.807, 2.05) is 18.2 Å². The fraction of sp³-hybridized carbons (Fsp3) is 0.294. The van der Waals surface area contributed by atoms with Gasteiger partial charge in [-0.2, -0.15) is 0 Å². The predicted octanol–water partition coefficient (Wildman–Crippen LogP) is 5.56. The van der Waals surface area contributed by atoms with Gasteiger partial charge in [-0.15, -0.1) is 0 Å². The summed E-state index contributed by atoms with van der Waals surface area (Å²) >= 11 is 9.61. The topological polar surface area (TPSA) is 9.23 Å². The Morgan fingerprint density at radius 3 is 2.60 bits per heavy atom. The van der Waals surface area contributed by atoms with E-state index in [1.54, 1.807) is 0 Å². The van der Waals surface area contributed by atoms with Crippen LogP contribution in [0.4, 0.5) is 0 Å². The second-order valence-electron chi connectivity index (χ2n) is 5.16. The molecular formula is C17H16BrClO. The van der Waals surface area contributed by atoms with Crippen LogP contribution in [0.3, 0.4) is 0 Å². The smallest absolute Gasteiger partial charge is 0.120 e. The van der Waals surface area contributed by atoms with Crippen LogP contribution in [0.1, 0.15) is 29.5 Å².